The lowest BCUT2D eigenvalue weighted by Crippen LogP contribution is -2.63. The van der Waals surface area contributed by atoms with Crippen molar-refractivity contribution in [3.8, 4) is 0 Å². The fraction of sp³-hybridized carbons (Fsp3) is 0.647. The first-order valence-electron chi connectivity index (χ1n) is 7.78. The molecular formula is C17H27ClN2. The Hall–Kier alpha value is -0.570. The van der Waals surface area contributed by atoms with E-state index in [2.05, 4.69) is 50.0 Å². The molecule has 0 amide bonds. The summed E-state index contributed by atoms with van der Waals surface area (Å²) in [5.41, 5.74) is 1.49. The van der Waals surface area contributed by atoms with E-state index >= 15 is 0 Å². The molecule has 1 N–H and O–H groups in total. The Morgan fingerprint density at radius 1 is 1.35 bits per heavy atom. The van der Waals surface area contributed by atoms with E-state index in [0.717, 1.165) is 18.1 Å². The molecule has 2 nitrogen and oxygen atoms in total. The predicted octanol–water partition coefficient (Wildman–Crippen LogP) is 4.25. The van der Waals surface area contributed by atoms with Gasteiger partial charge in [-0.1, -0.05) is 43.6 Å². The van der Waals surface area contributed by atoms with Crippen molar-refractivity contribution in [1.29, 1.82) is 0 Å². The van der Waals surface area contributed by atoms with Crippen molar-refractivity contribution in [3.05, 3.63) is 34.9 Å². The van der Waals surface area contributed by atoms with Gasteiger partial charge in [-0.3, -0.25) is 4.90 Å². The Balaban J connectivity index is 2.23. The van der Waals surface area contributed by atoms with E-state index in [4.69, 9.17) is 11.6 Å². The maximum atomic E-state index is 6.38. The number of halogens is 1. The maximum absolute atomic E-state index is 6.38. The van der Waals surface area contributed by atoms with Gasteiger partial charge in [-0.15, -0.1) is 0 Å². The van der Waals surface area contributed by atoms with Crippen LogP contribution < -0.4 is 5.32 Å². The maximum Gasteiger partial charge on any atom is 0.0453 e. The molecule has 1 aliphatic rings. The highest BCUT2D eigenvalue weighted by molar-refractivity contribution is 6.31. The van der Waals surface area contributed by atoms with Crippen molar-refractivity contribution in [1.82, 2.24) is 10.2 Å². The zero-order valence-corrected chi connectivity index (χ0v) is 13.9. The second-order valence-electron chi connectivity index (χ2n) is 6.09. The molecule has 0 aliphatic carbocycles. The highest BCUT2D eigenvalue weighted by Crippen LogP contribution is 2.33. The summed E-state index contributed by atoms with van der Waals surface area (Å²) in [4.78, 5) is 2.60. The highest BCUT2D eigenvalue weighted by atomic mass is 35.5. The van der Waals surface area contributed by atoms with Crippen LogP contribution in [0.4, 0.5) is 0 Å². The molecule has 112 valence electrons. The normalized spacial score (nSPS) is 24.6. The molecule has 1 heterocycles. The van der Waals surface area contributed by atoms with Crippen molar-refractivity contribution < 1.29 is 0 Å². The van der Waals surface area contributed by atoms with Crippen LogP contribution in [0.2, 0.25) is 5.02 Å². The smallest absolute Gasteiger partial charge is 0.0453 e. The van der Waals surface area contributed by atoms with Gasteiger partial charge in [0, 0.05) is 35.7 Å². The first-order chi connectivity index (χ1) is 9.53. The minimum Gasteiger partial charge on any atom is -0.308 e. The number of benzene rings is 1. The third kappa shape index (κ3) is 3.03. The standard InChI is InChI=1S/C17H27ClN2/c1-5-17(6-2)12-20(13(3)11-19-17)14(4)15-9-7-8-10-16(15)18/h7-10,13-14,19H,5-6,11-12H2,1-4H3. The molecule has 1 fully saturated rings. The van der Waals surface area contributed by atoms with Crippen LogP contribution >= 0.6 is 11.6 Å². The molecular weight excluding hydrogens is 268 g/mol. The second-order valence-corrected chi connectivity index (χ2v) is 6.49. The van der Waals surface area contributed by atoms with Crippen LogP contribution in [0, 0.1) is 0 Å². The Morgan fingerprint density at radius 2 is 2.00 bits per heavy atom. The molecule has 3 heteroatoms. The van der Waals surface area contributed by atoms with Crippen LogP contribution in [0.3, 0.4) is 0 Å². The molecule has 1 saturated heterocycles. The summed E-state index contributed by atoms with van der Waals surface area (Å²) in [6.07, 6.45) is 2.34. The van der Waals surface area contributed by atoms with Crippen molar-refractivity contribution >= 4 is 11.6 Å². The van der Waals surface area contributed by atoms with Gasteiger partial charge in [0.05, 0.1) is 0 Å². The van der Waals surface area contributed by atoms with Crippen LogP contribution in [-0.2, 0) is 0 Å². The predicted molar refractivity (Wildman–Crippen MR) is 87.4 cm³/mol. The molecule has 2 atom stereocenters. The first kappa shape index (κ1) is 15.8. The van der Waals surface area contributed by atoms with E-state index in [1.165, 1.54) is 18.4 Å². The quantitative estimate of drug-likeness (QED) is 0.893. The number of hydrogen-bond donors (Lipinski definition) is 1. The minimum atomic E-state index is 0.252. The summed E-state index contributed by atoms with van der Waals surface area (Å²) in [5.74, 6) is 0. The zero-order valence-electron chi connectivity index (χ0n) is 13.1. The molecule has 0 aromatic heterocycles. The fourth-order valence-corrected chi connectivity index (χ4v) is 3.57. The SMILES string of the molecule is CCC1(CC)CN(C(C)c2ccccc2Cl)C(C)CN1. The van der Waals surface area contributed by atoms with Crippen molar-refractivity contribution in [3.63, 3.8) is 0 Å². The molecule has 0 radical (unpaired) electrons. The molecule has 2 unspecified atom stereocenters. The van der Waals surface area contributed by atoms with Gasteiger partial charge in [-0.05, 0) is 38.3 Å². The third-order valence-electron chi connectivity index (χ3n) is 5.03. The van der Waals surface area contributed by atoms with E-state index in [1.807, 2.05) is 12.1 Å². The van der Waals surface area contributed by atoms with E-state index in [1.54, 1.807) is 0 Å². The van der Waals surface area contributed by atoms with Gasteiger partial charge < -0.3 is 5.32 Å². The van der Waals surface area contributed by atoms with E-state index in [-0.39, 0.29) is 5.54 Å². The van der Waals surface area contributed by atoms with Gasteiger partial charge in [0.15, 0.2) is 0 Å². The molecule has 1 aromatic carbocycles. The Bertz CT molecular complexity index is 442. The molecule has 1 aromatic rings. The Kier molecular flexibility index (Phi) is 5.11. The summed E-state index contributed by atoms with van der Waals surface area (Å²) < 4.78 is 0. The number of piperazine rings is 1. The number of rotatable bonds is 4. The average molecular weight is 295 g/mol. The van der Waals surface area contributed by atoms with Gasteiger partial charge in [0.2, 0.25) is 0 Å². The minimum absolute atomic E-state index is 0.252. The van der Waals surface area contributed by atoms with Crippen LogP contribution in [-0.4, -0.2) is 29.6 Å². The highest BCUT2D eigenvalue weighted by Gasteiger charge is 2.37. The Morgan fingerprint density at radius 3 is 2.60 bits per heavy atom. The monoisotopic (exact) mass is 294 g/mol. The van der Waals surface area contributed by atoms with Crippen LogP contribution in [0.5, 0.6) is 0 Å². The molecule has 20 heavy (non-hydrogen) atoms. The van der Waals surface area contributed by atoms with Gasteiger partial charge in [0.1, 0.15) is 0 Å². The van der Waals surface area contributed by atoms with Gasteiger partial charge >= 0.3 is 0 Å². The van der Waals surface area contributed by atoms with Crippen molar-refractivity contribution in [2.75, 3.05) is 13.1 Å². The topological polar surface area (TPSA) is 15.3 Å². The average Bonchev–Trinajstić information content (AvgIpc) is 2.48. The number of nitrogens with zero attached hydrogens (tertiary/aromatic N) is 1. The van der Waals surface area contributed by atoms with Gasteiger partial charge in [0.25, 0.3) is 0 Å². The Labute approximate surface area is 128 Å². The van der Waals surface area contributed by atoms with Crippen molar-refractivity contribution in [2.45, 2.75) is 58.2 Å². The molecule has 1 aliphatic heterocycles. The van der Waals surface area contributed by atoms with Crippen molar-refractivity contribution in [2.24, 2.45) is 0 Å². The van der Waals surface area contributed by atoms with Crippen LogP contribution in [0.25, 0.3) is 0 Å². The van der Waals surface area contributed by atoms with Crippen LogP contribution in [0.15, 0.2) is 24.3 Å². The fourth-order valence-electron chi connectivity index (χ4n) is 3.28. The van der Waals surface area contributed by atoms with E-state index < -0.39 is 0 Å². The third-order valence-corrected chi connectivity index (χ3v) is 5.37. The van der Waals surface area contributed by atoms with Gasteiger partial charge in [-0.25, -0.2) is 0 Å². The van der Waals surface area contributed by atoms with Crippen LogP contribution in [0.1, 0.15) is 52.1 Å². The summed E-state index contributed by atoms with van der Waals surface area (Å²) in [6, 6.07) is 9.12. The summed E-state index contributed by atoms with van der Waals surface area (Å²) in [5, 5.41) is 4.64. The first-order valence-corrected chi connectivity index (χ1v) is 8.16. The number of nitrogens with one attached hydrogen (secondary N) is 1. The lowest BCUT2D eigenvalue weighted by Gasteiger charge is -2.49. The van der Waals surface area contributed by atoms with E-state index in [0.29, 0.717) is 12.1 Å². The summed E-state index contributed by atoms with van der Waals surface area (Å²) in [7, 11) is 0. The lowest BCUT2D eigenvalue weighted by atomic mass is 9.87. The summed E-state index contributed by atoms with van der Waals surface area (Å²) >= 11 is 6.38. The molecule has 2 rings (SSSR count). The zero-order chi connectivity index (χ0) is 14.8. The van der Waals surface area contributed by atoms with Gasteiger partial charge in [-0.2, -0.15) is 0 Å². The molecule has 0 spiro atoms. The largest absolute Gasteiger partial charge is 0.308 e. The lowest BCUT2D eigenvalue weighted by molar-refractivity contribution is 0.0497. The van der Waals surface area contributed by atoms with E-state index in [9.17, 15) is 0 Å². The second kappa shape index (κ2) is 6.46. The molecule has 0 bridgehead atoms. The number of hydrogen-bond acceptors (Lipinski definition) is 2. The summed E-state index contributed by atoms with van der Waals surface area (Å²) in [6.45, 7) is 11.3. The molecule has 0 saturated carbocycles.